The summed E-state index contributed by atoms with van der Waals surface area (Å²) in [5, 5.41) is 0. The second kappa shape index (κ2) is 7.12. The Kier molecular flexibility index (Phi) is 4.66. The van der Waals surface area contributed by atoms with Gasteiger partial charge < -0.3 is 4.74 Å². The van der Waals surface area contributed by atoms with Crippen LogP contribution < -0.4 is 9.64 Å². The lowest BCUT2D eigenvalue weighted by atomic mass is 9.85. The summed E-state index contributed by atoms with van der Waals surface area (Å²) in [5.41, 5.74) is 0.833. The lowest BCUT2D eigenvalue weighted by Gasteiger charge is -2.15. The molecule has 1 aliphatic heterocycles. The Hall–Kier alpha value is -2.73. The maximum atomic E-state index is 12.6. The van der Waals surface area contributed by atoms with Crippen molar-refractivity contribution in [1.29, 1.82) is 0 Å². The number of allylic oxidation sites excluding steroid dienone is 2. The summed E-state index contributed by atoms with van der Waals surface area (Å²) in [6, 6.07) is 13.3. The van der Waals surface area contributed by atoms with Crippen LogP contribution >= 0.6 is 15.9 Å². The van der Waals surface area contributed by atoms with Crippen molar-refractivity contribution in [2.24, 2.45) is 11.8 Å². The highest BCUT2D eigenvalue weighted by molar-refractivity contribution is 9.10. The first-order valence-corrected chi connectivity index (χ1v) is 9.44. The SMILES string of the molecule is O=C(Oc1ccc(Br)cc1)c1ccc(N2C(=O)[C@@H]3CC=CC[C@H]3C2=O)cc1. The molecule has 4 rings (SSSR count). The number of anilines is 1. The number of esters is 1. The van der Waals surface area contributed by atoms with Crippen LogP contribution in [0.2, 0.25) is 0 Å². The summed E-state index contributed by atoms with van der Waals surface area (Å²) in [6.45, 7) is 0. The summed E-state index contributed by atoms with van der Waals surface area (Å²) in [6.07, 6.45) is 5.11. The second-order valence-electron chi connectivity index (χ2n) is 6.56. The van der Waals surface area contributed by atoms with E-state index >= 15 is 0 Å². The van der Waals surface area contributed by atoms with Crippen molar-refractivity contribution in [3.8, 4) is 5.75 Å². The van der Waals surface area contributed by atoms with E-state index in [9.17, 15) is 14.4 Å². The number of fused-ring (bicyclic) bond motifs is 1. The number of carbonyl (C=O) groups excluding carboxylic acids is 3. The van der Waals surface area contributed by atoms with Crippen molar-refractivity contribution in [3.63, 3.8) is 0 Å². The van der Waals surface area contributed by atoms with Gasteiger partial charge in [-0.15, -0.1) is 0 Å². The molecular formula is C21H16BrNO4. The van der Waals surface area contributed by atoms with Crippen LogP contribution in [0.1, 0.15) is 23.2 Å². The molecule has 27 heavy (non-hydrogen) atoms. The molecule has 1 heterocycles. The molecule has 0 unspecified atom stereocenters. The van der Waals surface area contributed by atoms with E-state index in [0.717, 1.165) is 4.47 Å². The van der Waals surface area contributed by atoms with Crippen molar-refractivity contribution in [2.45, 2.75) is 12.8 Å². The lowest BCUT2D eigenvalue weighted by Crippen LogP contribution is -2.30. The van der Waals surface area contributed by atoms with Gasteiger partial charge in [0.2, 0.25) is 11.8 Å². The van der Waals surface area contributed by atoms with E-state index in [0.29, 0.717) is 29.8 Å². The molecule has 5 nitrogen and oxygen atoms in total. The first kappa shape index (κ1) is 17.7. The molecule has 1 aliphatic carbocycles. The maximum absolute atomic E-state index is 12.6. The standard InChI is InChI=1S/C21H16BrNO4/c22-14-7-11-16(12-8-14)27-21(26)13-5-9-15(10-6-13)23-19(24)17-3-1-2-4-18(17)20(23)25/h1-2,5-12,17-18H,3-4H2/t17-,18-/m1/s1. The lowest BCUT2D eigenvalue weighted by molar-refractivity contribution is -0.122. The number of carbonyl (C=O) groups is 3. The number of hydrogen-bond acceptors (Lipinski definition) is 4. The Balaban J connectivity index is 1.50. The number of hydrogen-bond donors (Lipinski definition) is 0. The average Bonchev–Trinajstić information content (AvgIpc) is 2.95. The molecule has 0 bridgehead atoms. The molecule has 1 saturated heterocycles. The van der Waals surface area contributed by atoms with Gasteiger partial charge in [0.05, 0.1) is 23.1 Å². The minimum atomic E-state index is -0.499. The summed E-state index contributed by atoms with van der Waals surface area (Å²) < 4.78 is 6.22. The normalized spacial score (nSPS) is 21.3. The molecule has 6 heteroatoms. The van der Waals surface area contributed by atoms with Gasteiger partial charge in [-0.05, 0) is 61.4 Å². The second-order valence-corrected chi connectivity index (χ2v) is 7.47. The highest BCUT2D eigenvalue weighted by Crippen LogP contribution is 2.37. The minimum absolute atomic E-state index is 0.167. The van der Waals surface area contributed by atoms with Gasteiger partial charge in [-0.1, -0.05) is 28.1 Å². The quantitative estimate of drug-likeness (QED) is 0.321. The number of halogens is 1. The van der Waals surface area contributed by atoms with Crippen LogP contribution in [0.4, 0.5) is 5.69 Å². The van der Waals surface area contributed by atoms with E-state index in [2.05, 4.69) is 15.9 Å². The number of nitrogens with zero attached hydrogens (tertiary/aromatic N) is 1. The molecule has 0 spiro atoms. The van der Waals surface area contributed by atoms with E-state index in [1.807, 2.05) is 12.2 Å². The Morgan fingerprint density at radius 3 is 2.00 bits per heavy atom. The van der Waals surface area contributed by atoms with E-state index in [1.165, 1.54) is 4.90 Å². The Labute approximate surface area is 164 Å². The zero-order chi connectivity index (χ0) is 19.0. The molecule has 2 atom stereocenters. The van der Waals surface area contributed by atoms with Crippen molar-refractivity contribution < 1.29 is 19.1 Å². The Morgan fingerprint density at radius 2 is 1.44 bits per heavy atom. The zero-order valence-corrected chi connectivity index (χ0v) is 15.9. The summed E-state index contributed by atoms with van der Waals surface area (Å²) in [7, 11) is 0. The monoisotopic (exact) mass is 425 g/mol. The topological polar surface area (TPSA) is 63.7 Å². The van der Waals surface area contributed by atoms with Gasteiger partial charge in [0, 0.05) is 4.47 Å². The van der Waals surface area contributed by atoms with Crippen LogP contribution in [0, 0.1) is 11.8 Å². The molecule has 2 aromatic rings. The summed E-state index contributed by atoms with van der Waals surface area (Å²) >= 11 is 3.32. The van der Waals surface area contributed by atoms with Gasteiger partial charge in [-0.25, -0.2) is 4.79 Å². The Bertz CT molecular complexity index is 908. The van der Waals surface area contributed by atoms with Crippen LogP contribution in [0.3, 0.4) is 0 Å². The van der Waals surface area contributed by atoms with Crippen molar-refractivity contribution in [2.75, 3.05) is 4.90 Å². The molecular weight excluding hydrogens is 410 g/mol. The van der Waals surface area contributed by atoms with Gasteiger partial charge >= 0.3 is 5.97 Å². The molecule has 0 N–H and O–H groups in total. The van der Waals surface area contributed by atoms with Crippen LogP contribution in [0.15, 0.2) is 65.2 Å². The minimum Gasteiger partial charge on any atom is -0.423 e. The number of ether oxygens (including phenoxy) is 1. The number of rotatable bonds is 3. The molecule has 136 valence electrons. The van der Waals surface area contributed by atoms with Gasteiger partial charge in [-0.3, -0.25) is 14.5 Å². The molecule has 2 amide bonds. The van der Waals surface area contributed by atoms with Crippen LogP contribution in [-0.4, -0.2) is 17.8 Å². The first-order valence-electron chi connectivity index (χ1n) is 8.65. The van der Waals surface area contributed by atoms with Gasteiger partial charge in [0.15, 0.2) is 0 Å². The fourth-order valence-corrected chi connectivity index (χ4v) is 3.73. The summed E-state index contributed by atoms with van der Waals surface area (Å²) in [4.78, 5) is 38.7. The van der Waals surface area contributed by atoms with Gasteiger partial charge in [0.25, 0.3) is 0 Å². The maximum Gasteiger partial charge on any atom is 0.343 e. The number of benzene rings is 2. The highest BCUT2D eigenvalue weighted by Gasteiger charge is 2.47. The smallest absolute Gasteiger partial charge is 0.343 e. The van der Waals surface area contributed by atoms with Crippen molar-refractivity contribution >= 4 is 39.4 Å². The molecule has 0 saturated carbocycles. The predicted molar refractivity (Wildman–Crippen MR) is 103 cm³/mol. The third kappa shape index (κ3) is 3.32. The number of imide groups is 1. The number of amides is 2. The van der Waals surface area contributed by atoms with E-state index < -0.39 is 5.97 Å². The van der Waals surface area contributed by atoms with Gasteiger partial charge in [-0.2, -0.15) is 0 Å². The highest BCUT2D eigenvalue weighted by atomic mass is 79.9. The average molecular weight is 426 g/mol. The fourth-order valence-electron chi connectivity index (χ4n) is 3.47. The Morgan fingerprint density at radius 1 is 0.889 bits per heavy atom. The van der Waals surface area contributed by atoms with Crippen molar-refractivity contribution in [1.82, 2.24) is 0 Å². The first-order chi connectivity index (χ1) is 13.0. The van der Waals surface area contributed by atoms with E-state index in [-0.39, 0.29) is 23.7 Å². The van der Waals surface area contributed by atoms with Crippen LogP contribution in [0.25, 0.3) is 0 Å². The van der Waals surface area contributed by atoms with Crippen LogP contribution in [-0.2, 0) is 9.59 Å². The molecule has 0 aromatic heterocycles. The molecule has 0 radical (unpaired) electrons. The van der Waals surface area contributed by atoms with E-state index in [1.54, 1.807) is 48.5 Å². The predicted octanol–water partition coefficient (Wildman–Crippen LogP) is 4.12. The fraction of sp³-hybridized carbons (Fsp3) is 0.190. The molecule has 2 aliphatic rings. The third-order valence-electron chi connectivity index (χ3n) is 4.89. The largest absolute Gasteiger partial charge is 0.423 e. The summed E-state index contributed by atoms with van der Waals surface area (Å²) in [5.74, 6) is -0.942. The molecule has 1 fully saturated rings. The van der Waals surface area contributed by atoms with Crippen LogP contribution in [0.5, 0.6) is 5.75 Å². The zero-order valence-electron chi connectivity index (χ0n) is 14.3. The third-order valence-corrected chi connectivity index (χ3v) is 5.42. The van der Waals surface area contributed by atoms with Gasteiger partial charge in [0.1, 0.15) is 5.75 Å². The van der Waals surface area contributed by atoms with E-state index in [4.69, 9.17) is 4.74 Å². The van der Waals surface area contributed by atoms with Crippen molar-refractivity contribution in [3.05, 3.63) is 70.7 Å². The molecule has 2 aromatic carbocycles.